The van der Waals surface area contributed by atoms with E-state index in [2.05, 4.69) is 9.97 Å². The zero-order valence-corrected chi connectivity index (χ0v) is 25.8. The molecular weight excluding hydrogens is 564 g/mol. The number of benzene rings is 3. The second-order valence-corrected chi connectivity index (χ2v) is 12.6. The van der Waals surface area contributed by atoms with Crippen molar-refractivity contribution in [2.75, 3.05) is 13.1 Å². The molecule has 0 saturated heterocycles. The molecular formula is C32H36N6O4S. The highest BCUT2D eigenvalue weighted by Crippen LogP contribution is 2.26. The Morgan fingerprint density at radius 1 is 0.744 bits per heavy atom. The Bertz CT molecular complexity index is 1910. The fourth-order valence-corrected chi connectivity index (χ4v) is 6.87. The molecule has 0 aliphatic heterocycles. The summed E-state index contributed by atoms with van der Waals surface area (Å²) < 4.78 is 27.5. The van der Waals surface area contributed by atoms with Crippen molar-refractivity contribution in [2.45, 2.75) is 58.6 Å². The first kappa shape index (κ1) is 30.3. The van der Waals surface area contributed by atoms with Crippen molar-refractivity contribution in [1.82, 2.24) is 29.1 Å². The number of aryl methyl sites for hydroxylation is 2. The number of rotatable bonds is 10. The van der Waals surface area contributed by atoms with Crippen molar-refractivity contribution in [2.24, 2.45) is 0 Å². The molecule has 5 aromatic rings. The number of nitrogens with one attached hydrogen (secondary N) is 2. The summed E-state index contributed by atoms with van der Waals surface area (Å²) in [6.45, 7) is 10.7. The molecule has 10 nitrogen and oxygen atoms in total. The van der Waals surface area contributed by atoms with Gasteiger partial charge in [0, 0.05) is 19.1 Å². The third-order valence-corrected chi connectivity index (χ3v) is 10.00. The van der Waals surface area contributed by atoms with E-state index in [1.54, 1.807) is 36.4 Å². The Morgan fingerprint density at radius 3 is 1.65 bits per heavy atom. The molecule has 0 fully saturated rings. The highest BCUT2D eigenvalue weighted by Gasteiger charge is 2.24. The van der Waals surface area contributed by atoms with E-state index in [9.17, 15) is 18.0 Å². The van der Waals surface area contributed by atoms with E-state index < -0.39 is 10.0 Å². The molecule has 11 heteroatoms. The Kier molecular flexibility index (Phi) is 8.59. The SMILES string of the molecule is CCN(CC)S(=O)(=O)c1ccc([C@H](C)N(Cc2nc3c(C)cccc3c(=O)[nH]2)Cc2nc3c(C)cccc3c(=O)[nH]2)cc1. The minimum absolute atomic E-state index is 0.227. The van der Waals surface area contributed by atoms with Gasteiger partial charge in [-0.2, -0.15) is 4.31 Å². The van der Waals surface area contributed by atoms with Gasteiger partial charge in [-0.15, -0.1) is 0 Å². The van der Waals surface area contributed by atoms with Crippen LogP contribution in [0.15, 0.2) is 75.1 Å². The first-order chi connectivity index (χ1) is 20.5. The van der Waals surface area contributed by atoms with Gasteiger partial charge in [-0.1, -0.05) is 50.2 Å². The third-order valence-electron chi connectivity index (χ3n) is 7.93. The van der Waals surface area contributed by atoms with Crippen LogP contribution in [0.1, 0.15) is 55.2 Å². The zero-order valence-electron chi connectivity index (χ0n) is 25.0. The summed E-state index contributed by atoms with van der Waals surface area (Å²) in [4.78, 5) is 43.6. The quantitative estimate of drug-likeness (QED) is 0.240. The van der Waals surface area contributed by atoms with Crippen LogP contribution in [0.2, 0.25) is 0 Å². The average molecular weight is 601 g/mol. The Hall–Kier alpha value is -4.19. The van der Waals surface area contributed by atoms with Crippen LogP contribution in [0, 0.1) is 13.8 Å². The molecule has 0 aliphatic rings. The third kappa shape index (κ3) is 6.01. The second kappa shape index (κ2) is 12.2. The van der Waals surface area contributed by atoms with Crippen LogP contribution in [0.25, 0.3) is 21.8 Å². The molecule has 0 saturated carbocycles. The molecule has 5 rings (SSSR count). The summed E-state index contributed by atoms with van der Waals surface area (Å²) in [5.41, 5.74) is 3.46. The van der Waals surface area contributed by atoms with Gasteiger partial charge in [-0.3, -0.25) is 14.5 Å². The minimum Gasteiger partial charge on any atom is -0.309 e. The Labute approximate surface area is 250 Å². The van der Waals surface area contributed by atoms with Crippen molar-refractivity contribution in [3.05, 3.63) is 110 Å². The summed E-state index contributed by atoms with van der Waals surface area (Å²) in [6.07, 6.45) is 0. The van der Waals surface area contributed by atoms with E-state index in [0.29, 0.717) is 46.5 Å². The van der Waals surface area contributed by atoms with Crippen molar-refractivity contribution in [3.63, 3.8) is 0 Å². The standard InChI is InChI=1S/C32H36N6O4S/c1-6-38(7-2)43(41,42)24-16-14-23(15-17-24)22(5)37(18-27-33-29-20(3)10-8-12-25(29)31(39)35-27)19-28-34-30-21(4)11-9-13-26(30)32(40)36-28/h8-17,22H,6-7,18-19H2,1-5H3,(H,33,35,39)(H,34,36,40)/t22-/m0/s1. The molecule has 0 aliphatic carbocycles. The van der Waals surface area contributed by atoms with Gasteiger partial charge in [0.25, 0.3) is 11.1 Å². The molecule has 0 bridgehead atoms. The van der Waals surface area contributed by atoms with E-state index in [0.717, 1.165) is 16.7 Å². The largest absolute Gasteiger partial charge is 0.309 e. The number of para-hydroxylation sites is 2. The maximum Gasteiger partial charge on any atom is 0.258 e. The van der Waals surface area contributed by atoms with Crippen LogP contribution < -0.4 is 11.1 Å². The molecule has 3 aromatic carbocycles. The summed E-state index contributed by atoms with van der Waals surface area (Å²) in [5.74, 6) is 0.942. The zero-order chi connectivity index (χ0) is 30.9. The van der Waals surface area contributed by atoms with Crippen LogP contribution in [-0.4, -0.2) is 50.6 Å². The van der Waals surface area contributed by atoms with Gasteiger partial charge >= 0.3 is 0 Å². The molecule has 1 atom stereocenters. The number of aromatic nitrogens is 4. The maximum atomic E-state index is 13.1. The maximum absolute atomic E-state index is 13.1. The van der Waals surface area contributed by atoms with Gasteiger partial charge in [0.05, 0.1) is 39.8 Å². The average Bonchev–Trinajstić information content (AvgIpc) is 2.98. The van der Waals surface area contributed by atoms with E-state index in [1.807, 2.05) is 63.8 Å². The molecule has 0 radical (unpaired) electrons. The molecule has 224 valence electrons. The van der Waals surface area contributed by atoms with Crippen LogP contribution in [0.4, 0.5) is 0 Å². The van der Waals surface area contributed by atoms with Crippen molar-refractivity contribution >= 4 is 31.8 Å². The molecule has 0 unspecified atom stereocenters. The molecule has 0 spiro atoms. The first-order valence-electron chi connectivity index (χ1n) is 14.3. The number of H-pyrrole nitrogens is 2. The van der Waals surface area contributed by atoms with Crippen LogP contribution in [0.3, 0.4) is 0 Å². The summed E-state index contributed by atoms with van der Waals surface area (Å²) in [7, 11) is -3.60. The minimum atomic E-state index is -3.60. The lowest BCUT2D eigenvalue weighted by Crippen LogP contribution is -2.31. The predicted octanol–water partition coefficient (Wildman–Crippen LogP) is 4.57. The first-order valence-corrected chi connectivity index (χ1v) is 15.8. The molecule has 43 heavy (non-hydrogen) atoms. The van der Waals surface area contributed by atoms with Crippen molar-refractivity contribution in [3.8, 4) is 0 Å². The number of sulfonamides is 1. The van der Waals surface area contributed by atoms with Crippen molar-refractivity contribution in [1.29, 1.82) is 0 Å². The Balaban J connectivity index is 1.55. The molecule has 2 heterocycles. The lowest BCUT2D eigenvalue weighted by atomic mass is 10.1. The number of hydrogen-bond donors (Lipinski definition) is 2. The Morgan fingerprint density at radius 2 is 1.21 bits per heavy atom. The number of hydrogen-bond acceptors (Lipinski definition) is 7. The van der Waals surface area contributed by atoms with Gasteiger partial charge in [-0.05, 0) is 61.7 Å². The van der Waals surface area contributed by atoms with Gasteiger partial charge in [0.15, 0.2) is 0 Å². The number of aromatic amines is 2. The smallest absolute Gasteiger partial charge is 0.258 e. The van der Waals surface area contributed by atoms with Crippen LogP contribution >= 0.6 is 0 Å². The van der Waals surface area contributed by atoms with Gasteiger partial charge in [-0.25, -0.2) is 18.4 Å². The molecule has 0 amide bonds. The normalized spacial score (nSPS) is 12.9. The van der Waals surface area contributed by atoms with Gasteiger partial charge in [0.2, 0.25) is 10.0 Å². The lowest BCUT2D eigenvalue weighted by molar-refractivity contribution is 0.182. The highest BCUT2D eigenvalue weighted by atomic mass is 32.2. The molecule has 2 N–H and O–H groups in total. The topological polar surface area (TPSA) is 132 Å². The van der Waals surface area contributed by atoms with Crippen molar-refractivity contribution < 1.29 is 8.42 Å². The summed E-state index contributed by atoms with van der Waals surface area (Å²) >= 11 is 0. The van der Waals surface area contributed by atoms with E-state index in [1.165, 1.54) is 4.31 Å². The second-order valence-electron chi connectivity index (χ2n) is 10.7. The van der Waals surface area contributed by atoms with Crippen LogP contribution in [-0.2, 0) is 23.1 Å². The van der Waals surface area contributed by atoms with Gasteiger partial charge < -0.3 is 9.97 Å². The lowest BCUT2D eigenvalue weighted by Gasteiger charge is -2.29. The molecule has 2 aromatic heterocycles. The van der Waals surface area contributed by atoms with E-state index >= 15 is 0 Å². The summed E-state index contributed by atoms with van der Waals surface area (Å²) in [5, 5.41) is 1.04. The predicted molar refractivity (Wildman–Crippen MR) is 168 cm³/mol. The van der Waals surface area contributed by atoms with Gasteiger partial charge in [0.1, 0.15) is 11.6 Å². The number of nitrogens with zero attached hydrogens (tertiary/aromatic N) is 4. The fraction of sp³-hybridized carbons (Fsp3) is 0.312. The van der Waals surface area contributed by atoms with E-state index in [-0.39, 0.29) is 35.1 Å². The number of fused-ring (bicyclic) bond motifs is 2. The fourth-order valence-electron chi connectivity index (χ4n) is 5.41. The van der Waals surface area contributed by atoms with E-state index in [4.69, 9.17) is 9.97 Å². The monoisotopic (exact) mass is 600 g/mol. The highest BCUT2D eigenvalue weighted by molar-refractivity contribution is 7.89. The van der Waals surface area contributed by atoms with Crippen LogP contribution in [0.5, 0.6) is 0 Å². The summed E-state index contributed by atoms with van der Waals surface area (Å²) in [6, 6.07) is 17.6.